The molecule has 2 aromatic carbocycles. The molecule has 2 amide bonds. The van der Waals surface area contributed by atoms with Crippen molar-refractivity contribution in [2.75, 3.05) is 17.2 Å². The summed E-state index contributed by atoms with van der Waals surface area (Å²) in [5.41, 5.74) is 1.95. The number of anilines is 1. The van der Waals surface area contributed by atoms with Gasteiger partial charge in [-0.25, -0.2) is 0 Å². The van der Waals surface area contributed by atoms with E-state index in [0.29, 0.717) is 25.1 Å². The summed E-state index contributed by atoms with van der Waals surface area (Å²) in [6, 6.07) is 15.4. The summed E-state index contributed by atoms with van der Waals surface area (Å²) in [6.45, 7) is 1.28. The van der Waals surface area contributed by atoms with Gasteiger partial charge in [-0.3, -0.25) is 9.59 Å². The zero-order valence-corrected chi connectivity index (χ0v) is 16.0. The van der Waals surface area contributed by atoms with Crippen LogP contribution in [0.3, 0.4) is 0 Å². The average Bonchev–Trinajstić information content (AvgIpc) is 3.08. The van der Waals surface area contributed by atoms with Gasteiger partial charge in [0.15, 0.2) is 0 Å². The summed E-state index contributed by atoms with van der Waals surface area (Å²) in [6.07, 6.45) is 1.99. The smallest absolute Gasteiger partial charge is 0.227 e. The number of benzene rings is 2. The largest absolute Gasteiger partial charge is 0.352 e. The molecule has 1 fully saturated rings. The van der Waals surface area contributed by atoms with Crippen molar-refractivity contribution in [1.82, 2.24) is 5.32 Å². The van der Waals surface area contributed by atoms with Crippen LogP contribution in [0.2, 0.25) is 5.02 Å². The molecular formula is C20H21ClN2O2S. The number of thioether (sulfide) groups is 1. The predicted octanol–water partition coefficient (Wildman–Crippen LogP) is 4.27. The molecule has 0 atom stereocenters. The molecule has 0 spiro atoms. The van der Waals surface area contributed by atoms with E-state index in [0.717, 1.165) is 34.1 Å². The van der Waals surface area contributed by atoms with E-state index in [1.807, 2.05) is 53.4 Å². The Hall–Kier alpha value is -1.98. The standard InChI is InChI=1S/C20H21ClN2O2S/c21-17-4-1-2-5-18(17)26-13-11-19(24)22-14-15-7-9-16(10-8-15)23-12-3-6-20(23)25/h1-2,4-5,7-10H,3,6,11-14H2,(H,22,24). The summed E-state index contributed by atoms with van der Waals surface area (Å²) in [4.78, 5) is 26.6. The second-order valence-corrected chi connectivity index (χ2v) is 7.66. The Labute approximate surface area is 162 Å². The van der Waals surface area contributed by atoms with Gasteiger partial charge in [0.05, 0.1) is 5.02 Å². The highest BCUT2D eigenvalue weighted by Crippen LogP contribution is 2.27. The van der Waals surface area contributed by atoms with Gasteiger partial charge in [0.25, 0.3) is 0 Å². The van der Waals surface area contributed by atoms with Gasteiger partial charge in [0.1, 0.15) is 0 Å². The number of nitrogens with one attached hydrogen (secondary N) is 1. The van der Waals surface area contributed by atoms with Crippen LogP contribution in [0.1, 0.15) is 24.8 Å². The third-order valence-electron chi connectivity index (χ3n) is 4.23. The highest BCUT2D eigenvalue weighted by Gasteiger charge is 2.21. The summed E-state index contributed by atoms with van der Waals surface area (Å²) < 4.78 is 0. The average molecular weight is 389 g/mol. The molecule has 26 heavy (non-hydrogen) atoms. The first kappa shape index (κ1) is 18.8. The molecule has 1 aliphatic rings. The lowest BCUT2D eigenvalue weighted by atomic mass is 10.2. The van der Waals surface area contributed by atoms with E-state index < -0.39 is 0 Å². The maximum absolute atomic E-state index is 12.0. The van der Waals surface area contributed by atoms with Crippen molar-refractivity contribution < 1.29 is 9.59 Å². The zero-order valence-electron chi connectivity index (χ0n) is 14.4. The lowest BCUT2D eigenvalue weighted by molar-refractivity contribution is -0.121. The minimum atomic E-state index is 0.0170. The van der Waals surface area contributed by atoms with Crippen LogP contribution in [0, 0.1) is 0 Å². The van der Waals surface area contributed by atoms with Crippen molar-refractivity contribution in [3.8, 4) is 0 Å². The molecule has 0 saturated carbocycles. The SMILES string of the molecule is O=C(CCSc1ccccc1Cl)NCc1ccc(N2CCCC2=O)cc1. The Morgan fingerprint density at radius 3 is 2.62 bits per heavy atom. The third-order valence-corrected chi connectivity index (χ3v) is 5.75. The van der Waals surface area contributed by atoms with Gasteiger partial charge in [-0.05, 0) is 36.2 Å². The normalized spacial score (nSPS) is 13.9. The van der Waals surface area contributed by atoms with E-state index in [1.54, 1.807) is 11.8 Å². The maximum atomic E-state index is 12.0. The van der Waals surface area contributed by atoms with Gasteiger partial charge >= 0.3 is 0 Å². The zero-order chi connectivity index (χ0) is 18.4. The summed E-state index contributed by atoms with van der Waals surface area (Å²) in [5.74, 6) is 0.886. The summed E-state index contributed by atoms with van der Waals surface area (Å²) >= 11 is 7.69. The van der Waals surface area contributed by atoms with Crippen LogP contribution < -0.4 is 10.2 Å². The van der Waals surface area contributed by atoms with Crippen molar-refractivity contribution in [2.24, 2.45) is 0 Å². The number of nitrogens with zero attached hydrogens (tertiary/aromatic N) is 1. The topological polar surface area (TPSA) is 49.4 Å². The lowest BCUT2D eigenvalue weighted by Gasteiger charge is -2.16. The van der Waals surface area contributed by atoms with Crippen LogP contribution >= 0.6 is 23.4 Å². The molecule has 1 heterocycles. The molecule has 0 aliphatic carbocycles. The molecular weight excluding hydrogens is 368 g/mol. The number of halogens is 1. The number of rotatable bonds is 7. The van der Waals surface area contributed by atoms with Crippen molar-refractivity contribution in [1.29, 1.82) is 0 Å². The van der Waals surface area contributed by atoms with Crippen molar-refractivity contribution in [3.63, 3.8) is 0 Å². The van der Waals surface area contributed by atoms with Crippen LogP contribution in [-0.4, -0.2) is 24.1 Å². The molecule has 6 heteroatoms. The van der Waals surface area contributed by atoms with E-state index in [9.17, 15) is 9.59 Å². The van der Waals surface area contributed by atoms with Crippen LogP contribution in [0.4, 0.5) is 5.69 Å². The monoisotopic (exact) mass is 388 g/mol. The van der Waals surface area contributed by atoms with E-state index in [-0.39, 0.29) is 11.8 Å². The first-order valence-electron chi connectivity index (χ1n) is 8.67. The fraction of sp³-hybridized carbons (Fsp3) is 0.300. The van der Waals surface area contributed by atoms with Crippen LogP contribution in [0.5, 0.6) is 0 Å². The molecule has 0 radical (unpaired) electrons. The molecule has 3 rings (SSSR count). The fourth-order valence-electron chi connectivity index (χ4n) is 2.82. The van der Waals surface area contributed by atoms with E-state index in [1.165, 1.54) is 0 Å². The Kier molecular flexibility index (Phi) is 6.58. The van der Waals surface area contributed by atoms with Gasteiger partial charge in [0.2, 0.25) is 11.8 Å². The molecule has 2 aromatic rings. The molecule has 1 aliphatic heterocycles. The first-order chi connectivity index (χ1) is 12.6. The number of hydrogen-bond donors (Lipinski definition) is 1. The van der Waals surface area contributed by atoms with Gasteiger partial charge in [-0.1, -0.05) is 35.9 Å². The Morgan fingerprint density at radius 1 is 1.15 bits per heavy atom. The van der Waals surface area contributed by atoms with E-state index in [2.05, 4.69) is 5.32 Å². The second kappa shape index (κ2) is 9.10. The number of carbonyl (C=O) groups is 2. The van der Waals surface area contributed by atoms with Gasteiger partial charge < -0.3 is 10.2 Å². The van der Waals surface area contributed by atoms with E-state index in [4.69, 9.17) is 11.6 Å². The van der Waals surface area contributed by atoms with Crippen LogP contribution in [0.15, 0.2) is 53.4 Å². The minimum Gasteiger partial charge on any atom is -0.352 e. The fourth-order valence-corrected chi connectivity index (χ4v) is 4.01. The second-order valence-electron chi connectivity index (χ2n) is 6.12. The van der Waals surface area contributed by atoms with Crippen LogP contribution in [-0.2, 0) is 16.1 Å². The van der Waals surface area contributed by atoms with Crippen molar-refractivity contribution in [3.05, 3.63) is 59.1 Å². The summed E-state index contributed by atoms with van der Waals surface area (Å²) in [7, 11) is 0. The molecule has 136 valence electrons. The third kappa shape index (κ3) is 5.02. The van der Waals surface area contributed by atoms with Gasteiger partial charge in [0, 0.05) is 42.3 Å². The Morgan fingerprint density at radius 2 is 1.92 bits per heavy atom. The van der Waals surface area contributed by atoms with Gasteiger partial charge in [-0.15, -0.1) is 11.8 Å². The maximum Gasteiger partial charge on any atom is 0.227 e. The lowest BCUT2D eigenvalue weighted by Crippen LogP contribution is -2.24. The number of amides is 2. The molecule has 4 nitrogen and oxygen atoms in total. The summed E-state index contributed by atoms with van der Waals surface area (Å²) in [5, 5.41) is 3.65. The molecule has 0 aromatic heterocycles. The van der Waals surface area contributed by atoms with Crippen molar-refractivity contribution in [2.45, 2.75) is 30.7 Å². The molecule has 0 bridgehead atoms. The quantitative estimate of drug-likeness (QED) is 0.721. The number of carbonyl (C=O) groups excluding carboxylic acids is 2. The molecule has 0 unspecified atom stereocenters. The van der Waals surface area contributed by atoms with Gasteiger partial charge in [-0.2, -0.15) is 0 Å². The van der Waals surface area contributed by atoms with Crippen molar-refractivity contribution >= 4 is 40.9 Å². The van der Waals surface area contributed by atoms with E-state index >= 15 is 0 Å². The molecule has 1 saturated heterocycles. The predicted molar refractivity (Wildman–Crippen MR) is 107 cm³/mol. The Bertz CT molecular complexity index is 780. The van der Waals surface area contributed by atoms with Crippen LogP contribution in [0.25, 0.3) is 0 Å². The number of hydrogen-bond acceptors (Lipinski definition) is 3. The highest BCUT2D eigenvalue weighted by molar-refractivity contribution is 7.99. The Balaban J connectivity index is 1.41. The minimum absolute atomic E-state index is 0.0170. The first-order valence-corrected chi connectivity index (χ1v) is 10.0. The highest BCUT2D eigenvalue weighted by atomic mass is 35.5. The molecule has 1 N–H and O–H groups in total.